The van der Waals surface area contributed by atoms with Crippen molar-refractivity contribution in [2.75, 3.05) is 25.1 Å². The summed E-state index contributed by atoms with van der Waals surface area (Å²) in [4.78, 5) is 2.52. The number of nitrogens with one attached hydrogen (secondary N) is 1. The molecule has 2 rings (SSSR count). The topological polar surface area (TPSA) is 24.5 Å². The number of benzene rings is 1. The first-order chi connectivity index (χ1) is 9.72. The highest BCUT2D eigenvalue weighted by atomic mass is 16.5. The maximum atomic E-state index is 5.62. The number of para-hydroxylation sites is 1. The molecule has 0 unspecified atom stereocenters. The van der Waals surface area contributed by atoms with Crippen LogP contribution in [0.4, 0.5) is 5.69 Å². The Morgan fingerprint density at radius 1 is 1.15 bits per heavy atom. The van der Waals surface area contributed by atoms with Crippen LogP contribution in [0, 0.1) is 0 Å². The predicted octanol–water partition coefficient (Wildman–Crippen LogP) is 3.57. The van der Waals surface area contributed by atoms with E-state index in [0.717, 1.165) is 25.4 Å². The molecular formula is C17H28N2O. The number of ether oxygens (including phenoxy) is 1. The summed E-state index contributed by atoms with van der Waals surface area (Å²) in [7, 11) is 1.77. The summed E-state index contributed by atoms with van der Waals surface area (Å²) in [5.74, 6) is 1.01. The van der Waals surface area contributed by atoms with Crippen molar-refractivity contribution in [3.63, 3.8) is 0 Å². The van der Waals surface area contributed by atoms with Crippen molar-refractivity contribution < 1.29 is 4.74 Å². The molecule has 1 saturated heterocycles. The van der Waals surface area contributed by atoms with Gasteiger partial charge in [0.2, 0.25) is 0 Å². The molecule has 1 N–H and O–H groups in total. The molecular weight excluding hydrogens is 248 g/mol. The zero-order valence-electron chi connectivity index (χ0n) is 13.1. The SMILES string of the molecule is COc1cccc(CNC(C)C)c1N1CCCCCC1. The molecule has 1 aromatic carbocycles. The Labute approximate surface area is 123 Å². The summed E-state index contributed by atoms with van der Waals surface area (Å²) in [6, 6.07) is 6.90. The maximum Gasteiger partial charge on any atom is 0.142 e. The van der Waals surface area contributed by atoms with Crippen LogP contribution in [-0.4, -0.2) is 26.2 Å². The lowest BCUT2D eigenvalue weighted by Gasteiger charge is -2.28. The first kappa shape index (κ1) is 15.2. The summed E-state index contributed by atoms with van der Waals surface area (Å²) in [5, 5.41) is 3.53. The van der Waals surface area contributed by atoms with Gasteiger partial charge in [0.15, 0.2) is 0 Å². The van der Waals surface area contributed by atoms with Crippen molar-refractivity contribution in [3.8, 4) is 5.75 Å². The third-order valence-electron chi connectivity index (χ3n) is 3.93. The highest BCUT2D eigenvalue weighted by molar-refractivity contribution is 5.64. The van der Waals surface area contributed by atoms with Gasteiger partial charge < -0.3 is 15.0 Å². The normalized spacial score (nSPS) is 16.3. The second-order valence-corrected chi connectivity index (χ2v) is 5.90. The van der Waals surface area contributed by atoms with Gasteiger partial charge in [0.1, 0.15) is 5.75 Å². The molecule has 112 valence electrons. The number of methoxy groups -OCH3 is 1. The summed E-state index contributed by atoms with van der Waals surface area (Å²) in [6.07, 6.45) is 5.28. The Kier molecular flexibility index (Phi) is 5.72. The second-order valence-electron chi connectivity index (χ2n) is 5.90. The average molecular weight is 276 g/mol. The molecule has 1 aliphatic rings. The fourth-order valence-corrected chi connectivity index (χ4v) is 2.84. The van der Waals surface area contributed by atoms with Gasteiger partial charge in [-0.3, -0.25) is 0 Å². The minimum absolute atomic E-state index is 0.498. The van der Waals surface area contributed by atoms with Crippen LogP contribution in [0.25, 0.3) is 0 Å². The monoisotopic (exact) mass is 276 g/mol. The van der Waals surface area contributed by atoms with E-state index in [0.29, 0.717) is 6.04 Å². The molecule has 0 atom stereocenters. The van der Waals surface area contributed by atoms with Gasteiger partial charge in [0.05, 0.1) is 12.8 Å². The van der Waals surface area contributed by atoms with Gasteiger partial charge >= 0.3 is 0 Å². The first-order valence-electron chi connectivity index (χ1n) is 7.86. The van der Waals surface area contributed by atoms with Crippen molar-refractivity contribution in [1.29, 1.82) is 0 Å². The van der Waals surface area contributed by atoms with Gasteiger partial charge in [0.25, 0.3) is 0 Å². The van der Waals surface area contributed by atoms with Gasteiger partial charge in [0, 0.05) is 25.7 Å². The largest absolute Gasteiger partial charge is 0.495 e. The molecule has 0 spiro atoms. The van der Waals surface area contributed by atoms with Crippen molar-refractivity contribution in [2.45, 2.75) is 52.1 Å². The first-order valence-corrected chi connectivity index (χ1v) is 7.86. The van der Waals surface area contributed by atoms with Gasteiger partial charge in [-0.25, -0.2) is 0 Å². The molecule has 3 nitrogen and oxygen atoms in total. The highest BCUT2D eigenvalue weighted by Gasteiger charge is 2.17. The van der Waals surface area contributed by atoms with E-state index in [1.807, 2.05) is 0 Å². The molecule has 1 aromatic rings. The Morgan fingerprint density at radius 3 is 2.45 bits per heavy atom. The summed E-state index contributed by atoms with van der Waals surface area (Å²) >= 11 is 0. The molecule has 1 aliphatic heterocycles. The van der Waals surface area contributed by atoms with Crippen molar-refractivity contribution in [2.24, 2.45) is 0 Å². The fourth-order valence-electron chi connectivity index (χ4n) is 2.84. The van der Waals surface area contributed by atoms with Crippen LogP contribution in [0.3, 0.4) is 0 Å². The van der Waals surface area contributed by atoms with E-state index >= 15 is 0 Å². The lowest BCUT2D eigenvalue weighted by Crippen LogP contribution is -2.28. The van der Waals surface area contributed by atoms with Crippen LogP contribution in [0.5, 0.6) is 5.75 Å². The summed E-state index contributed by atoms with van der Waals surface area (Å²) < 4.78 is 5.62. The van der Waals surface area contributed by atoms with E-state index in [2.05, 4.69) is 42.3 Å². The molecule has 1 heterocycles. The number of hydrogen-bond acceptors (Lipinski definition) is 3. The van der Waals surface area contributed by atoms with E-state index in [9.17, 15) is 0 Å². The molecule has 0 bridgehead atoms. The highest BCUT2D eigenvalue weighted by Crippen LogP contribution is 2.33. The standard InChI is InChI=1S/C17H28N2O/c1-14(2)18-13-15-9-8-10-16(20-3)17(15)19-11-6-4-5-7-12-19/h8-10,14,18H,4-7,11-13H2,1-3H3. The Bertz CT molecular complexity index is 409. The smallest absolute Gasteiger partial charge is 0.142 e. The van der Waals surface area contributed by atoms with E-state index in [1.165, 1.54) is 36.9 Å². The molecule has 0 aromatic heterocycles. The minimum Gasteiger partial charge on any atom is -0.495 e. The van der Waals surface area contributed by atoms with E-state index in [1.54, 1.807) is 7.11 Å². The number of rotatable bonds is 5. The van der Waals surface area contributed by atoms with Crippen LogP contribution in [0.15, 0.2) is 18.2 Å². The van der Waals surface area contributed by atoms with Crippen LogP contribution >= 0.6 is 0 Å². The molecule has 0 amide bonds. The van der Waals surface area contributed by atoms with Crippen LogP contribution in [-0.2, 0) is 6.54 Å². The zero-order chi connectivity index (χ0) is 14.4. The van der Waals surface area contributed by atoms with Crippen LogP contribution < -0.4 is 15.0 Å². The van der Waals surface area contributed by atoms with E-state index in [4.69, 9.17) is 4.74 Å². The fraction of sp³-hybridized carbons (Fsp3) is 0.647. The molecule has 3 heteroatoms. The number of hydrogen-bond donors (Lipinski definition) is 1. The second kappa shape index (κ2) is 7.53. The number of anilines is 1. The molecule has 1 fully saturated rings. The third kappa shape index (κ3) is 3.89. The van der Waals surface area contributed by atoms with Crippen molar-refractivity contribution in [1.82, 2.24) is 5.32 Å². The minimum atomic E-state index is 0.498. The third-order valence-corrected chi connectivity index (χ3v) is 3.93. The van der Waals surface area contributed by atoms with Crippen LogP contribution in [0.2, 0.25) is 0 Å². The molecule has 20 heavy (non-hydrogen) atoms. The van der Waals surface area contributed by atoms with Gasteiger partial charge in [-0.05, 0) is 24.5 Å². The number of nitrogens with zero attached hydrogens (tertiary/aromatic N) is 1. The molecule has 0 saturated carbocycles. The lowest BCUT2D eigenvalue weighted by molar-refractivity contribution is 0.413. The summed E-state index contributed by atoms with van der Waals surface area (Å²) in [5.41, 5.74) is 2.64. The van der Waals surface area contributed by atoms with Gasteiger partial charge in [-0.2, -0.15) is 0 Å². The van der Waals surface area contributed by atoms with E-state index < -0.39 is 0 Å². The van der Waals surface area contributed by atoms with Gasteiger partial charge in [-0.1, -0.05) is 38.8 Å². The van der Waals surface area contributed by atoms with Crippen molar-refractivity contribution in [3.05, 3.63) is 23.8 Å². The maximum absolute atomic E-state index is 5.62. The molecule has 0 radical (unpaired) electrons. The van der Waals surface area contributed by atoms with Crippen molar-refractivity contribution >= 4 is 5.69 Å². The molecule has 0 aliphatic carbocycles. The van der Waals surface area contributed by atoms with Crippen LogP contribution in [0.1, 0.15) is 45.1 Å². The predicted molar refractivity (Wildman–Crippen MR) is 85.7 cm³/mol. The lowest BCUT2D eigenvalue weighted by atomic mass is 10.1. The zero-order valence-corrected chi connectivity index (χ0v) is 13.1. The quantitative estimate of drug-likeness (QED) is 0.889. The average Bonchev–Trinajstić information content (AvgIpc) is 2.73. The van der Waals surface area contributed by atoms with E-state index in [-0.39, 0.29) is 0 Å². The Balaban J connectivity index is 2.26. The Hall–Kier alpha value is -1.22. The Morgan fingerprint density at radius 2 is 1.85 bits per heavy atom. The van der Waals surface area contributed by atoms with Gasteiger partial charge in [-0.15, -0.1) is 0 Å². The summed E-state index contributed by atoms with van der Waals surface area (Å²) in [6.45, 7) is 7.57.